The van der Waals surface area contributed by atoms with Gasteiger partial charge >= 0.3 is 6.03 Å². The van der Waals surface area contributed by atoms with E-state index in [2.05, 4.69) is 55.1 Å². The van der Waals surface area contributed by atoms with Gasteiger partial charge < -0.3 is 24.3 Å². The van der Waals surface area contributed by atoms with Crippen LogP contribution in [0.15, 0.2) is 28.8 Å². The molecule has 2 fully saturated rings. The van der Waals surface area contributed by atoms with Crippen molar-refractivity contribution in [1.82, 2.24) is 19.9 Å². The molecule has 4 rings (SSSR count). The third kappa shape index (κ3) is 5.32. The van der Waals surface area contributed by atoms with Gasteiger partial charge in [0.15, 0.2) is 0 Å². The van der Waals surface area contributed by atoms with E-state index in [0.29, 0.717) is 50.9 Å². The number of benzene rings is 1. The van der Waals surface area contributed by atoms with Crippen molar-refractivity contribution in [3.05, 3.63) is 41.3 Å². The summed E-state index contributed by atoms with van der Waals surface area (Å²) in [5.41, 5.74) is 2.55. The Morgan fingerprint density at radius 2 is 1.73 bits per heavy atom. The van der Waals surface area contributed by atoms with E-state index < -0.39 is 0 Å². The van der Waals surface area contributed by atoms with E-state index >= 15 is 0 Å². The molecule has 180 valence electrons. The van der Waals surface area contributed by atoms with Crippen LogP contribution in [-0.4, -0.2) is 76.5 Å². The summed E-state index contributed by atoms with van der Waals surface area (Å²) in [5, 5.41) is 14.1. The van der Waals surface area contributed by atoms with Gasteiger partial charge in [-0.3, -0.25) is 0 Å². The summed E-state index contributed by atoms with van der Waals surface area (Å²) in [6.07, 6.45) is 2.86. The van der Waals surface area contributed by atoms with Gasteiger partial charge in [-0.25, -0.2) is 4.79 Å². The van der Waals surface area contributed by atoms with Gasteiger partial charge in [-0.05, 0) is 55.8 Å². The van der Waals surface area contributed by atoms with E-state index in [0.717, 1.165) is 25.9 Å². The topological polar surface area (TPSA) is 85.9 Å². The molecule has 8 heteroatoms. The van der Waals surface area contributed by atoms with Gasteiger partial charge in [0.05, 0.1) is 12.0 Å². The van der Waals surface area contributed by atoms with Crippen molar-refractivity contribution in [3.8, 4) is 0 Å². The van der Waals surface area contributed by atoms with Gasteiger partial charge in [0.2, 0.25) is 5.89 Å². The zero-order valence-corrected chi connectivity index (χ0v) is 20.1. The first-order valence-corrected chi connectivity index (χ1v) is 12.4. The third-order valence-corrected chi connectivity index (χ3v) is 7.14. The summed E-state index contributed by atoms with van der Waals surface area (Å²) in [6, 6.07) is 8.80. The van der Waals surface area contributed by atoms with Gasteiger partial charge in [0.1, 0.15) is 0 Å². The average molecular weight is 456 g/mol. The standard InChI is InChI=1S/C25H37N5O3/c1-4-18-7-9-19(10-8-18)20-15-21(23-26-24(27-33-23)28(5-2)6-3)17-30(16-20)25(32)29-13-11-22(31)12-14-29/h7-10,20-22,31H,4-6,11-17H2,1-3H3. The van der Waals surface area contributed by atoms with Gasteiger partial charge in [-0.2, -0.15) is 4.98 Å². The maximum atomic E-state index is 13.4. The Kier molecular flexibility index (Phi) is 7.53. The molecule has 0 radical (unpaired) electrons. The minimum absolute atomic E-state index is 0.00857. The Bertz CT molecular complexity index is 903. The van der Waals surface area contributed by atoms with Crippen LogP contribution < -0.4 is 4.90 Å². The fraction of sp³-hybridized carbons (Fsp3) is 0.640. The second-order valence-electron chi connectivity index (χ2n) is 9.24. The molecule has 1 aromatic carbocycles. The third-order valence-electron chi connectivity index (χ3n) is 7.14. The lowest BCUT2D eigenvalue weighted by atomic mass is 9.84. The van der Waals surface area contributed by atoms with Crippen LogP contribution in [0.25, 0.3) is 0 Å². The SMILES string of the molecule is CCc1ccc(C2CC(c3nc(N(CC)CC)no3)CN(C(=O)N3CCC(O)CC3)C2)cc1. The number of nitrogens with zero attached hydrogens (tertiary/aromatic N) is 5. The molecule has 1 N–H and O–H groups in total. The number of aromatic nitrogens is 2. The summed E-state index contributed by atoms with van der Waals surface area (Å²) in [7, 11) is 0. The number of carbonyl (C=O) groups is 1. The Hall–Kier alpha value is -2.61. The summed E-state index contributed by atoms with van der Waals surface area (Å²) in [6.45, 7) is 10.4. The number of amides is 2. The summed E-state index contributed by atoms with van der Waals surface area (Å²) >= 11 is 0. The molecule has 2 aromatic rings. The minimum Gasteiger partial charge on any atom is -0.393 e. The number of urea groups is 1. The number of rotatable bonds is 6. The van der Waals surface area contributed by atoms with Crippen LogP contribution in [0, 0.1) is 0 Å². The predicted molar refractivity (Wildman–Crippen MR) is 128 cm³/mol. The van der Waals surface area contributed by atoms with Crippen LogP contribution in [0.1, 0.15) is 68.9 Å². The Morgan fingerprint density at radius 1 is 1.06 bits per heavy atom. The van der Waals surface area contributed by atoms with Crippen molar-refractivity contribution >= 4 is 12.0 Å². The fourth-order valence-electron chi connectivity index (χ4n) is 4.99. The van der Waals surface area contributed by atoms with Crippen molar-refractivity contribution in [2.24, 2.45) is 0 Å². The van der Waals surface area contributed by atoms with Crippen LogP contribution in [0.5, 0.6) is 0 Å². The smallest absolute Gasteiger partial charge is 0.320 e. The predicted octanol–water partition coefficient (Wildman–Crippen LogP) is 3.63. The molecule has 33 heavy (non-hydrogen) atoms. The van der Waals surface area contributed by atoms with Crippen LogP contribution in [0.3, 0.4) is 0 Å². The molecule has 2 aliphatic heterocycles. The molecular weight excluding hydrogens is 418 g/mol. The first-order chi connectivity index (χ1) is 16.0. The molecular formula is C25H37N5O3. The molecule has 2 unspecified atom stereocenters. The van der Waals surface area contributed by atoms with Crippen molar-refractivity contribution < 1.29 is 14.4 Å². The highest BCUT2D eigenvalue weighted by Gasteiger charge is 2.37. The van der Waals surface area contributed by atoms with Crippen LogP contribution in [0.4, 0.5) is 10.7 Å². The highest BCUT2D eigenvalue weighted by molar-refractivity contribution is 5.75. The maximum Gasteiger partial charge on any atom is 0.320 e. The number of hydrogen-bond donors (Lipinski definition) is 1. The lowest BCUT2D eigenvalue weighted by molar-refractivity contribution is 0.0744. The molecule has 2 saturated heterocycles. The summed E-state index contributed by atoms with van der Waals surface area (Å²) in [5.74, 6) is 1.43. The zero-order valence-electron chi connectivity index (χ0n) is 20.1. The average Bonchev–Trinajstić information content (AvgIpc) is 3.35. The molecule has 0 bridgehead atoms. The zero-order chi connectivity index (χ0) is 23.4. The van der Waals surface area contributed by atoms with Crippen molar-refractivity contribution in [2.75, 3.05) is 44.2 Å². The van der Waals surface area contributed by atoms with E-state index in [1.165, 1.54) is 11.1 Å². The molecule has 2 aliphatic rings. The monoisotopic (exact) mass is 455 g/mol. The normalized spacial score (nSPS) is 21.9. The summed E-state index contributed by atoms with van der Waals surface area (Å²) < 4.78 is 5.71. The van der Waals surface area contributed by atoms with Gasteiger partial charge in [-0.15, -0.1) is 0 Å². The van der Waals surface area contributed by atoms with Crippen LogP contribution in [-0.2, 0) is 6.42 Å². The lowest BCUT2D eigenvalue weighted by Gasteiger charge is -2.40. The maximum absolute atomic E-state index is 13.4. The van der Waals surface area contributed by atoms with Crippen molar-refractivity contribution in [1.29, 1.82) is 0 Å². The van der Waals surface area contributed by atoms with Crippen molar-refractivity contribution in [2.45, 2.75) is 64.4 Å². The van der Waals surface area contributed by atoms with E-state index in [4.69, 9.17) is 9.51 Å². The molecule has 3 heterocycles. The Morgan fingerprint density at radius 3 is 2.36 bits per heavy atom. The van der Waals surface area contributed by atoms with Crippen LogP contribution in [0.2, 0.25) is 0 Å². The van der Waals surface area contributed by atoms with Gasteiger partial charge in [0.25, 0.3) is 5.95 Å². The van der Waals surface area contributed by atoms with Crippen molar-refractivity contribution in [3.63, 3.8) is 0 Å². The number of anilines is 1. The minimum atomic E-state index is -0.301. The van der Waals surface area contributed by atoms with E-state index in [-0.39, 0.29) is 24.0 Å². The second kappa shape index (κ2) is 10.5. The number of aliphatic hydroxyl groups is 1. The number of likely N-dealkylation sites (tertiary alicyclic amines) is 2. The molecule has 2 atom stereocenters. The Labute approximate surface area is 196 Å². The number of carbonyl (C=O) groups excluding carboxylic acids is 1. The fourth-order valence-corrected chi connectivity index (χ4v) is 4.99. The molecule has 1 aromatic heterocycles. The van der Waals surface area contributed by atoms with Gasteiger partial charge in [-0.1, -0.05) is 31.2 Å². The molecule has 2 amide bonds. The Balaban J connectivity index is 1.57. The first-order valence-electron chi connectivity index (χ1n) is 12.4. The number of hydrogen-bond acceptors (Lipinski definition) is 6. The first kappa shape index (κ1) is 23.5. The molecule has 0 saturated carbocycles. The number of aliphatic hydroxyl groups excluding tert-OH is 1. The second-order valence-corrected chi connectivity index (χ2v) is 9.24. The lowest BCUT2D eigenvalue weighted by Crippen LogP contribution is -2.51. The molecule has 8 nitrogen and oxygen atoms in total. The van der Waals surface area contributed by atoms with Crippen LogP contribution >= 0.6 is 0 Å². The van der Waals surface area contributed by atoms with E-state index in [1.54, 1.807) is 0 Å². The quantitative estimate of drug-likeness (QED) is 0.716. The van der Waals surface area contributed by atoms with Gasteiger partial charge in [0, 0.05) is 45.2 Å². The molecule has 0 spiro atoms. The highest BCUT2D eigenvalue weighted by Crippen LogP contribution is 2.36. The highest BCUT2D eigenvalue weighted by atomic mass is 16.5. The molecule has 0 aliphatic carbocycles. The van der Waals surface area contributed by atoms with E-state index in [9.17, 15) is 9.90 Å². The van der Waals surface area contributed by atoms with E-state index in [1.807, 2.05) is 9.80 Å². The summed E-state index contributed by atoms with van der Waals surface area (Å²) in [4.78, 5) is 24.0. The largest absolute Gasteiger partial charge is 0.393 e. The number of aryl methyl sites for hydroxylation is 1. The number of piperidine rings is 2.